The molecule has 1 amide bonds. The molecule has 0 bridgehead atoms. The van der Waals surface area contributed by atoms with Gasteiger partial charge in [0.2, 0.25) is 5.91 Å². The molecule has 1 aromatic carbocycles. The number of amides is 1. The van der Waals surface area contributed by atoms with Crippen molar-refractivity contribution in [1.29, 1.82) is 0 Å². The van der Waals surface area contributed by atoms with Crippen LogP contribution >= 0.6 is 0 Å². The van der Waals surface area contributed by atoms with Crippen molar-refractivity contribution >= 4 is 5.91 Å². The Kier molecular flexibility index (Phi) is 5.05. The summed E-state index contributed by atoms with van der Waals surface area (Å²) in [6.07, 6.45) is 3.31. The highest BCUT2D eigenvalue weighted by molar-refractivity contribution is 5.73. The van der Waals surface area contributed by atoms with Crippen LogP contribution in [-0.2, 0) is 9.53 Å². The number of methoxy groups -OCH3 is 1. The summed E-state index contributed by atoms with van der Waals surface area (Å²) in [5.41, 5.74) is 0.113. The fourth-order valence-corrected chi connectivity index (χ4v) is 4.67. The Morgan fingerprint density at radius 2 is 2.16 bits per heavy atom. The van der Waals surface area contributed by atoms with Gasteiger partial charge in [-0.2, -0.15) is 0 Å². The Morgan fingerprint density at radius 3 is 2.84 bits per heavy atom. The first-order chi connectivity index (χ1) is 11.8. The van der Waals surface area contributed by atoms with E-state index in [1.54, 1.807) is 25.1 Å². The van der Waals surface area contributed by atoms with Crippen LogP contribution in [-0.4, -0.2) is 24.7 Å². The third kappa shape index (κ3) is 3.52. The first kappa shape index (κ1) is 18.2. The van der Waals surface area contributed by atoms with Crippen LogP contribution in [0, 0.1) is 17.7 Å². The van der Waals surface area contributed by atoms with Gasteiger partial charge in [0.05, 0.1) is 19.3 Å². The molecule has 5 heteroatoms. The van der Waals surface area contributed by atoms with Gasteiger partial charge in [0.1, 0.15) is 0 Å². The molecule has 0 aromatic heterocycles. The molecule has 1 saturated heterocycles. The van der Waals surface area contributed by atoms with Crippen molar-refractivity contribution < 1.29 is 18.7 Å². The summed E-state index contributed by atoms with van der Waals surface area (Å²) >= 11 is 0. The summed E-state index contributed by atoms with van der Waals surface area (Å²) in [4.78, 5) is 11.8. The maximum atomic E-state index is 14.8. The first-order valence-corrected chi connectivity index (χ1v) is 9.10. The lowest BCUT2D eigenvalue weighted by Gasteiger charge is -2.52. The van der Waals surface area contributed by atoms with Crippen molar-refractivity contribution in [2.45, 2.75) is 64.2 Å². The van der Waals surface area contributed by atoms with Crippen LogP contribution in [0.3, 0.4) is 0 Å². The van der Waals surface area contributed by atoms with E-state index in [2.05, 4.69) is 19.2 Å². The van der Waals surface area contributed by atoms with Gasteiger partial charge in [-0.3, -0.25) is 4.79 Å². The molecule has 0 unspecified atom stereocenters. The van der Waals surface area contributed by atoms with Crippen LogP contribution < -0.4 is 10.1 Å². The summed E-state index contributed by atoms with van der Waals surface area (Å²) in [7, 11) is 1.46. The van der Waals surface area contributed by atoms with Gasteiger partial charge in [-0.25, -0.2) is 4.39 Å². The highest BCUT2D eigenvalue weighted by Crippen LogP contribution is 2.48. The van der Waals surface area contributed by atoms with Crippen molar-refractivity contribution in [2.75, 3.05) is 7.11 Å². The number of benzene rings is 1. The van der Waals surface area contributed by atoms with Crippen molar-refractivity contribution in [3.05, 3.63) is 29.6 Å². The number of carbonyl (C=O) groups excluding carboxylic acids is 1. The van der Waals surface area contributed by atoms with E-state index in [-0.39, 0.29) is 29.5 Å². The quantitative estimate of drug-likeness (QED) is 0.897. The second-order valence-corrected chi connectivity index (χ2v) is 7.85. The third-order valence-electron chi connectivity index (χ3n) is 5.84. The fourth-order valence-electron chi connectivity index (χ4n) is 4.67. The largest absolute Gasteiger partial charge is 0.494 e. The molecule has 1 aliphatic carbocycles. The monoisotopic (exact) mass is 349 g/mol. The Morgan fingerprint density at radius 1 is 1.40 bits per heavy atom. The minimum atomic E-state index is -0.394. The van der Waals surface area contributed by atoms with Crippen LogP contribution in [0.25, 0.3) is 0 Å². The Labute approximate surface area is 149 Å². The van der Waals surface area contributed by atoms with E-state index >= 15 is 0 Å². The third-order valence-corrected chi connectivity index (χ3v) is 5.84. The number of fused-ring (bicyclic) bond motifs is 1. The molecule has 1 saturated carbocycles. The van der Waals surface area contributed by atoms with Crippen molar-refractivity contribution in [1.82, 2.24) is 5.32 Å². The molecule has 138 valence electrons. The highest BCUT2D eigenvalue weighted by atomic mass is 19.1. The summed E-state index contributed by atoms with van der Waals surface area (Å²) in [6.45, 7) is 5.85. The Balaban J connectivity index is 1.95. The lowest BCUT2D eigenvalue weighted by atomic mass is 9.66. The zero-order valence-corrected chi connectivity index (χ0v) is 15.5. The van der Waals surface area contributed by atoms with Crippen molar-refractivity contribution in [3.63, 3.8) is 0 Å². The average molecular weight is 349 g/mol. The summed E-state index contributed by atoms with van der Waals surface area (Å²) in [5.74, 6) is 0.643. The average Bonchev–Trinajstić information content (AvgIpc) is 2.53. The first-order valence-electron chi connectivity index (χ1n) is 9.10. The SMILES string of the molecule is COc1cccc([C@H]2C[C@](C)(NC(C)=O)[C@@H]3CC[C@@H](C)C[C@H]3O2)c1F. The van der Waals surface area contributed by atoms with Crippen LogP contribution in [0.15, 0.2) is 18.2 Å². The number of halogens is 1. The molecule has 4 nitrogen and oxygen atoms in total. The molecular formula is C20H28FNO3. The zero-order chi connectivity index (χ0) is 18.2. The molecule has 2 aliphatic rings. The maximum absolute atomic E-state index is 14.8. The number of hydrogen-bond acceptors (Lipinski definition) is 3. The molecular weight excluding hydrogens is 321 g/mol. The molecule has 0 spiro atoms. The van der Waals surface area contributed by atoms with E-state index in [1.807, 2.05) is 0 Å². The standard InChI is InChI=1S/C20H28FNO3/c1-12-8-9-15-17(10-12)25-18(11-20(15,3)22-13(2)23)14-6-5-7-16(24-4)19(14)21/h5-7,12,15,17-18H,8-11H2,1-4H3,(H,22,23)/t12-,15-,17-,18-,20+/m1/s1. The van der Waals surface area contributed by atoms with Crippen LogP contribution in [0.2, 0.25) is 0 Å². The lowest BCUT2D eigenvalue weighted by molar-refractivity contribution is -0.153. The lowest BCUT2D eigenvalue weighted by Crippen LogP contribution is -2.60. The van der Waals surface area contributed by atoms with Gasteiger partial charge in [0.15, 0.2) is 11.6 Å². The second-order valence-electron chi connectivity index (χ2n) is 7.85. The minimum Gasteiger partial charge on any atom is -0.494 e. The predicted octanol–water partition coefficient (Wildman–Crippen LogP) is 4.00. The van der Waals surface area contributed by atoms with Crippen LogP contribution in [0.5, 0.6) is 5.75 Å². The van der Waals surface area contributed by atoms with E-state index in [4.69, 9.17) is 9.47 Å². The van der Waals surface area contributed by atoms with Gasteiger partial charge in [0.25, 0.3) is 0 Å². The molecule has 0 radical (unpaired) electrons. The highest BCUT2D eigenvalue weighted by Gasteiger charge is 2.49. The van der Waals surface area contributed by atoms with Crippen molar-refractivity contribution in [2.24, 2.45) is 11.8 Å². The Bertz CT molecular complexity index is 650. The van der Waals surface area contributed by atoms with Gasteiger partial charge in [-0.1, -0.05) is 25.5 Å². The number of nitrogens with one attached hydrogen (secondary N) is 1. The summed E-state index contributed by atoms with van der Waals surface area (Å²) in [5, 5.41) is 3.15. The fraction of sp³-hybridized carbons (Fsp3) is 0.650. The topological polar surface area (TPSA) is 47.6 Å². The predicted molar refractivity (Wildman–Crippen MR) is 93.9 cm³/mol. The minimum absolute atomic E-state index is 0.0324. The van der Waals surface area contributed by atoms with E-state index in [9.17, 15) is 9.18 Å². The van der Waals surface area contributed by atoms with Gasteiger partial charge < -0.3 is 14.8 Å². The van der Waals surface area contributed by atoms with E-state index in [0.717, 1.165) is 19.3 Å². The molecule has 1 aromatic rings. The van der Waals surface area contributed by atoms with Gasteiger partial charge in [-0.15, -0.1) is 0 Å². The molecule has 2 fully saturated rings. The summed E-state index contributed by atoms with van der Waals surface area (Å²) < 4.78 is 26.3. The summed E-state index contributed by atoms with van der Waals surface area (Å²) in [6, 6.07) is 5.15. The maximum Gasteiger partial charge on any atom is 0.217 e. The number of hydrogen-bond donors (Lipinski definition) is 1. The molecule has 1 aliphatic heterocycles. The normalized spacial score (nSPS) is 34.9. The van der Waals surface area contributed by atoms with Gasteiger partial charge in [0, 0.05) is 30.4 Å². The van der Waals surface area contributed by atoms with E-state index < -0.39 is 11.6 Å². The molecule has 5 atom stereocenters. The molecule has 25 heavy (non-hydrogen) atoms. The molecule has 3 rings (SSSR count). The van der Waals surface area contributed by atoms with E-state index in [1.165, 1.54) is 7.11 Å². The van der Waals surface area contributed by atoms with Crippen LogP contribution in [0.1, 0.15) is 58.1 Å². The smallest absolute Gasteiger partial charge is 0.217 e. The zero-order valence-electron chi connectivity index (χ0n) is 15.5. The van der Waals surface area contributed by atoms with Gasteiger partial charge in [-0.05, 0) is 31.7 Å². The Hall–Kier alpha value is -1.62. The molecule has 1 N–H and O–H groups in total. The number of rotatable bonds is 3. The van der Waals surface area contributed by atoms with Crippen LogP contribution in [0.4, 0.5) is 4.39 Å². The number of ether oxygens (including phenoxy) is 2. The van der Waals surface area contributed by atoms with Crippen molar-refractivity contribution in [3.8, 4) is 5.75 Å². The number of carbonyl (C=O) groups is 1. The second kappa shape index (κ2) is 6.94. The van der Waals surface area contributed by atoms with E-state index in [0.29, 0.717) is 17.9 Å². The van der Waals surface area contributed by atoms with Gasteiger partial charge >= 0.3 is 0 Å². The molecule has 1 heterocycles.